The Hall–Kier alpha value is -3.94. The van der Waals surface area contributed by atoms with E-state index in [1.165, 1.54) is 11.1 Å². The lowest BCUT2D eigenvalue weighted by Crippen LogP contribution is -2.40. The van der Waals surface area contributed by atoms with E-state index in [0.717, 1.165) is 47.2 Å². The molecule has 0 saturated carbocycles. The molecule has 3 heterocycles. The SMILES string of the molecule is CCOc1cc2c(cc1OC)CCN(C(=O)c1ncc[nH]1)C2CCc1c[nH]c2ccc(OC)cc12. The molecule has 1 aliphatic heterocycles. The Morgan fingerprint density at radius 3 is 2.77 bits per heavy atom. The molecule has 2 aromatic carbocycles. The monoisotopic (exact) mass is 474 g/mol. The van der Waals surface area contributed by atoms with Gasteiger partial charge in [-0.25, -0.2) is 4.98 Å². The molecule has 0 radical (unpaired) electrons. The first kappa shape index (κ1) is 22.8. The molecule has 0 bridgehead atoms. The maximum Gasteiger partial charge on any atom is 0.290 e. The van der Waals surface area contributed by atoms with Gasteiger partial charge in [-0.1, -0.05) is 0 Å². The van der Waals surface area contributed by atoms with E-state index in [2.05, 4.69) is 27.1 Å². The summed E-state index contributed by atoms with van der Waals surface area (Å²) in [5, 5.41) is 1.13. The zero-order valence-corrected chi connectivity index (χ0v) is 20.3. The van der Waals surface area contributed by atoms with E-state index in [9.17, 15) is 4.79 Å². The van der Waals surface area contributed by atoms with Crippen LogP contribution in [0.3, 0.4) is 0 Å². The van der Waals surface area contributed by atoms with Gasteiger partial charge in [-0.05, 0) is 73.2 Å². The van der Waals surface area contributed by atoms with Gasteiger partial charge in [0.05, 0.1) is 26.9 Å². The van der Waals surface area contributed by atoms with Gasteiger partial charge in [-0.2, -0.15) is 0 Å². The third-order valence-corrected chi connectivity index (χ3v) is 6.71. The van der Waals surface area contributed by atoms with Crippen molar-refractivity contribution in [2.24, 2.45) is 0 Å². The Balaban J connectivity index is 1.52. The van der Waals surface area contributed by atoms with Crippen LogP contribution in [0.1, 0.15) is 46.7 Å². The fourth-order valence-corrected chi connectivity index (χ4v) is 4.99. The molecule has 8 nitrogen and oxygen atoms in total. The number of aryl methyl sites for hydroxylation is 1. The smallest absolute Gasteiger partial charge is 0.290 e. The Bertz CT molecular complexity index is 1330. The Morgan fingerprint density at radius 1 is 1.14 bits per heavy atom. The third kappa shape index (κ3) is 4.32. The van der Waals surface area contributed by atoms with Crippen molar-refractivity contribution in [1.29, 1.82) is 0 Å². The number of H-pyrrole nitrogens is 2. The number of aromatic amines is 2. The first-order chi connectivity index (χ1) is 17.1. The molecular formula is C27H30N4O4. The van der Waals surface area contributed by atoms with Gasteiger partial charge in [0.25, 0.3) is 5.91 Å². The summed E-state index contributed by atoms with van der Waals surface area (Å²) in [6.45, 7) is 3.09. The summed E-state index contributed by atoms with van der Waals surface area (Å²) in [5.41, 5.74) is 4.53. The zero-order chi connectivity index (χ0) is 24.4. The molecule has 1 atom stereocenters. The summed E-state index contributed by atoms with van der Waals surface area (Å²) < 4.78 is 16.9. The second kappa shape index (κ2) is 9.74. The van der Waals surface area contributed by atoms with E-state index in [4.69, 9.17) is 14.2 Å². The van der Waals surface area contributed by atoms with Crippen LogP contribution in [0.5, 0.6) is 17.2 Å². The van der Waals surface area contributed by atoms with Gasteiger partial charge in [-0.15, -0.1) is 0 Å². The Labute approximate surface area is 204 Å². The molecule has 5 rings (SSSR count). The number of carbonyl (C=O) groups excluding carboxylic acids is 1. The summed E-state index contributed by atoms with van der Waals surface area (Å²) in [7, 11) is 3.33. The van der Waals surface area contributed by atoms with Gasteiger partial charge in [0.1, 0.15) is 5.75 Å². The van der Waals surface area contributed by atoms with Crippen LogP contribution in [0.2, 0.25) is 0 Å². The first-order valence-corrected chi connectivity index (χ1v) is 11.9. The number of imidazole rings is 1. The lowest BCUT2D eigenvalue weighted by atomic mass is 9.88. The molecule has 0 fully saturated rings. The number of fused-ring (bicyclic) bond motifs is 2. The maximum absolute atomic E-state index is 13.4. The van der Waals surface area contributed by atoms with Gasteiger partial charge in [0.15, 0.2) is 17.3 Å². The highest BCUT2D eigenvalue weighted by Crippen LogP contribution is 2.41. The number of nitrogens with one attached hydrogen (secondary N) is 2. The number of nitrogens with zero attached hydrogens (tertiary/aromatic N) is 2. The van der Waals surface area contributed by atoms with E-state index in [1.54, 1.807) is 26.6 Å². The van der Waals surface area contributed by atoms with Gasteiger partial charge in [0, 0.05) is 36.0 Å². The van der Waals surface area contributed by atoms with E-state index < -0.39 is 0 Å². The van der Waals surface area contributed by atoms with Crippen molar-refractivity contribution < 1.29 is 19.0 Å². The van der Waals surface area contributed by atoms with Crippen LogP contribution in [-0.2, 0) is 12.8 Å². The highest BCUT2D eigenvalue weighted by atomic mass is 16.5. The first-order valence-electron chi connectivity index (χ1n) is 11.9. The average Bonchev–Trinajstić information content (AvgIpc) is 3.56. The summed E-state index contributed by atoms with van der Waals surface area (Å²) in [4.78, 5) is 25.9. The minimum Gasteiger partial charge on any atom is -0.497 e. The Morgan fingerprint density at radius 2 is 2.03 bits per heavy atom. The quantitative estimate of drug-likeness (QED) is 0.387. The molecule has 0 saturated heterocycles. The number of rotatable bonds is 8. The summed E-state index contributed by atoms with van der Waals surface area (Å²) in [6, 6.07) is 10.0. The van der Waals surface area contributed by atoms with Crippen molar-refractivity contribution in [2.75, 3.05) is 27.4 Å². The van der Waals surface area contributed by atoms with Crippen molar-refractivity contribution in [2.45, 2.75) is 32.2 Å². The molecule has 35 heavy (non-hydrogen) atoms. The average molecular weight is 475 g/mol. The van der Waals surface area contributed by atoms with Gasteiger partial charge >= 0.3 is 0 Å². The number of benzene rings is 2. The number of amides is 1. The minimum absolute atomic E-state index is 0.0972. The van der Waals surface area contributed by atoms with Crippen molar-refractivity contribution in [1.82, 2.24) is 19.9 Å². The molecule has 1 amide bonds. The second-order valence-electron chi connectivity index (χ2n) is 8.60. The van der Waals surface area contributed by atoms with Crippen molar-refractivity contribution in [3.63, 3.8) is 0 Å². The van der Waals surface area contributed by atoms with Crippen LogP contribution >= 0.6 is 0 Å². The topological polar surface area (TPSA) is 92.5 Å². The van der Waals surface area contributed by atoms with E-state index in [1.807, 2.05) is 36.2 Å². The predicted octanol–water partition coefficient (Wildman–Crippen LogP) is 4.68. The summed E-state index contributed by atoms with van der Waals surface area (Å²) in [5.74, 6) is 2.50. The van der Waals surface area contributed by atoms with E-state index in [-0.39, 0.29) is 11.9 Å². The second-order valence-corrected chi connectivity index (χ2v) is 8.60. The van der Waals surface area contributed by atoms with Crippen molar-refractivity contribution in [3.8, 4) is 17.2 Å². The number of aromatic nitrogens is 3. The lowest BCUT2D eigenvalue weighted by molar-refractivity contribution is 0.0638. The van der Waals surface area contributed by atoms with E-state index >= 15 is 0 Å². The number of hydrogen-bond donors (Lipinski definition) is 2. The largest absolute Gasteiger partial charge is 0.497 e. The lowest BCUT2D eigenvalue weighted by Gasteiger charge is -2.37. The van der Waals surface area contributed by atoms with Crippen molar-refractivity contribution >= 4 is 16.8 Å². The van der Waals surface area contributed by atoms with Crippen LogP contribution in [0.4, 0.5) is 0 Å². The highest BCUT2D eigenvalue weighted by molar-refractivity contribution is 5.91. The standard InChI is InChI=1S/C27H30N4O4/c1-4-35-25-15-21-17(13-24(25)34-3)9-12-31(27(32)26-28-10-11-29-26)23(21)8-5-18-16-30-22-7-6-19(33-2)14-20(18)22/h6-7,10-11,13-16,23,30H,4-5,8-9,12H2,1-3H3,(H,28,29). The molecule has 2 aromatic heterocycles. The fraction of sp³-hybridized carbons (Fsp3) is 0.333. The van der Waals surface area contributed by atoms with Crippen LogP contribution < -0.4 is 14.2 Å². The normalized spacial score (nSPS) is 15.2. The van der Waals surface area contributed by atoms with Crippen molar-refractivity contribution in [3.05, 3.63) is 71.4 Å². The molecule has 182 valence electrons. The number of hydrogen-bond acceptors (Lipinski definition) is 5. The van der Waals surface area contributed by atoms with Gasteiger partial charge in [0.2, 0.25) is 0 Å². The fourth-order valence-electron chi connectivity index (χ4n) is 4.99. The van der Waals surface area contributed by atoms with Crippen LogP contribution in [0.25, 0.3) is 10.9 Å². The van der Waals surface area contributed by atoms with E-state index in [0.29, 0.717) is 24.7 Å². The molecule has 1 unspecified atom stereocenters. The molecule has 0 spiro atoms. The highest BCUT2D eigenvalue weighted by Gasteiger charge is 2.33. The summed E-state index contributed by atoms with van der Waals surface area (Å²) >= 11 is 0. The molecule has 4 aromatic rings. The molecule has 2 N–H and O–H groups in total. The zero-order valence-electron chi connectivity index (χ0n) is 20.3. The number of methoxy groups -OCH3 is 2. The molecule has 1 aliphatic rings. The van der Waals surface area contributed by atoms with Gasteiger partial charge in [-0.3, -0.25) is 4.79 Å². The van der Waals surface area contributed by atoms with Crippen LogP contribution in [0.15, 0.2) is 48.9 Å². The maximum atomic E-state index is 13.4. The molecular weight excluding hydrogens is 444 g/mol. The van der Waals surface area contributed by atoms with Crippen LogP contribution in [0, 0.1) is 0 Å². The number of carbonyl (C=O) groups is 1. The minimum atomic E-state index is -0.128. The van der Waals surface area contributed by atoms with Gasteiger partial charge < -0.3 is 29.1 Å². The Kier molecular flexibility index (Phi) is 6.35. The molecule has 0 aliphatic carbocycles. The third-order valence-electron chi connectivity index (χ3n) is 6.71. The number of ether oxygens (including phenoxy) is 3. The molecule has 8 heteroatoms. The predicted molar refractivity (Wildman–Crippen MR) is 133 cm³/mol. The summed E-state index contributed by atoms with van der Waals surface area (Å²) in [6.07, 6.45) is 7.61. The van der Waals surface area contributed by atoms with Crippen LogP contribution in [-0.4, -0.2) is 53.1 Å².